The van der Waals surface area contributed by atoms with Gasteiger partial charge < -0.3 is 14.4 Å². The summed E-state index contributed by atoms with van der Waals surface area (Å²) in [5.74, 6) is 1.32. The van der Waals surface area contributed by atoms with Crippen LogP contribution in [0.1, 0.15) is 17.0 Å². The largest absolute Gasteiger partial charge is 0.493 e. The molecule has 0 fully saturated rings. The van der Waals surface area contributed by atoms with Crippen molar-refractivity contribution in [1.82, 2.24) is 10.5 Å². The first-order chi connectivity index (χ1) is 12.2. The third kappa shape index (κ3) is 4.23. The van der Waals surface area contributed by atoms with E-state index in [2.05, 4.69) is 10.5 Å². The normalized spacial score (nSPS) is 10.8. The third-order valence-electron chi connectivity index (χ3n) is 3.81. The number of benzene rings is 2. The molecule has 130 valence electrons. The van der Waals surface area contributed by atoms with Crippen molar-refractivity contribution in [3.8, 4) is 17.2 Å². The van der Waals surface area contributed by atoms with Gasteiger partial charge in [-0.05, 0) is 36.8 Å². The number of nitrogens with one attached hydrogen (secondary N) is 1. The van der Waals surface area contributed by atoms with Crippen LogP contribution >= 0.6 is 0 Å². The number of nitrogens with zero attached hydrogens (tertiary/aromatic N) is 1. The van der Waals surface area contributed by atoms with Gasteiger partial charge in [0.1, 0.15) is 17.3 Å². The number of aryl methyl sites for hydroxylation is 1. The van der Waals surface area contributed by atoms with Crippen molar-refractivity contribution in [3.63, 3.8) is 0 Å². The van der Waals surface area contributed by atoms with Gasteiger partial charge in [-0.25, -0.2) is 14.9 Å². The number of ether oxygens (including phenoxy) is 1. The second kappa shape index (κ2) is 7.92. The summed E-state index contributed by atoms with van der Waals surface area (Å²) in [5.41, 5.74) is 4.17. The van der Waals surface area contributed by atoms with Gasteiger partial charge in [-0.1, -0.05) is 24.3 Å². The molecule has 5 nitrogen and oxygen atoms in total. The molecule has 0 saturated heterocycles. The maximum atomic E-state index is 13.8. The van der Waals surface area contributed by atoms with Crippen molar-refractivity contribution < 1.29 is 18.8 Å². The molecule has 0 aliphatic rings. The Bertz CT molecular complexity index is 831. The Hall–Kier alpha value is -2.70. The number of oxazole rings is 1. The molecule has 3 rings (SSSR count). The maximum Gasteiger partial charge on any atom is 0.229 e. The lowest BCUT2D eigenvalue weighted by atomic mass is 10.2. The van der Waals surface area contributed by atoms with E-state index in [1.165, 1.54) is 6.07 Å². The van der Waals surface area contributed by atoms with E-state index in [1.807, 2.05) is 31.2 Å². The Morgan fingerprint density at radius 2 is 1.92 bits per heavy atom. The van der Waals surface area contributed by atoms with Gasteiger partial charge >= 0.3 is 0 Å². The molecule has 0 aliphatic heterocycles. The first kappa shape index (κ1) is 17.1. The van der Waals surface area contributed by atoms with Crippen molar-refractivity contribution >= 4 is 0 Å². The van der Waals surface area contributed by atoms with E-state index in [4.69, 9.17) is 14.4 Å². The molecule has 0 aliphatic carbocycles. The summed E-state index contributed by atoms with van der Waals surface area (Å²) < 4.78 is 25.1. The van der Waals surface area contributed by atoms with Crippen LogP contribution in [0.2, 0.25) is 0 Å². The van der Waals surface area contributed by atoms with Crippen molar-refractivity contribution in [2.45, 2.75) is 19.9 Å². The molecule has 0 saturated carbocycles. The zero-order valence-corrected chi connectivity index (χ0v) is 13.8. The summed E-state index contributed by atoms with van der Waals surface area (Å²) in [6, 6.07) is 13.8. The highest BCUT2D eigenvalue weighted by Crippen LogP contribution is 2.24. The lowest BCUT2D eigenvalue weighted by Crippen LogP contribution is -2.06. The molecule has 0 amide bonds. The molecule has 0 radical (unpaired) electrons. The number of hydrogen-bond acceptors (Lipinski definition) is 5. The van der Waals surface area contributed by atoms with Gasteiger partial charge in [0.2, 0.25) is 5.89 Å². The minimum absolute atomic E-state index is 0.284. The Morgan fingerprint density at radius 1 is 1.16 bits per heavy atom. The number of rotatable bonds is 7. The zero-order chi connectivity index (χ0) is 17.6. The van der Waals surface area contributed by atoms with Gasteiger partial charge in [-0.3, -0.25) is 0 Å². The number of hydroxylamine groups is 1. The Kier molecular flexibility index (Phi) is 5.42. The summed E-state index contributed by atoms with van der Waals surface area (Å²) in [5, 5.41) is 8.66. The van der Waals surface area contributed by atoms with E-state index < -0.39 is 0 Å². The summed E-state index contributed by atoms with van der Waals surface area (Å²) in [6.07, 6.45) is 0.559. The SMILES string of the molecule is Cc1oc(-c2ccccc2F)nc1CCOc1ccc(CNO)cc1. The third-order valence-corrected chi connectivity index (χ3v) is 3.81. The summed E-state index contributed by atoms with van der Waals surface area (Å²) in [7, 11) is 0. The van der Waals surface area contributed by atoms with Gasteiger partial charge in [-0.15, -0.1) is 0 Å². The monoisotopic (exact) mass is 342 g/mol. The Morgan fingerprint density at radius 3 is 2.64 bits per heavy atom. The molecule has 0 bridgehead atoms. The van der Waals surface area contributed by atoms with Gasteiger partial charge in [0.15, 0.2) is 0 Å². The van der Waals surface area contributed by atoms with Gasteiger partial charge in [0.05, 0.1) is 17.9 Å². The Balaban J connectivity index is 1.61. The van der Waals surface area contributed by atoms with Crippen LogP contribution in [0.4, 0.5) is 4.39 Å². The van der Waals surface area contributed by atoms with Crippen LogP contribution in [-0.2, 0) is 13.0 Å². The fraction of sp³-hybridized carbons (Fsp3) is 0.211. The summed E-state index contributed by atoms with van der Waals surface area (Å²) in [4.78, 5) is 4.39. The van der Waals surface area contributed by atoms with Crippen LogP contribution < -0.4 is 10.2 Å². The van der Waals surface area contributed by atoms with Crippen molar-refractivity contribution in [3.05, 3.63) is 71.4 Å². The fourth-order valence-corrected chi connectivity index (χ4v) is 2.47. The number of halogens is 1. The molecule has 0 spiro atoms. The molecule has 2 N–H and O–H groups in total. The predicted molar refractivity (Wildman–Crippen MR) is 90.9 cm³/mol. The standard InChI is InChI=1S/C19H19FN2O3/c1-13-18(22-19(25-13)16-4-2-3-5-17(16)20)10-11-24-15-8-6-14(7-9-15)12-21-23/h2-9,21,23H,10-12H2,1H3. The second-order valence-electron chi connectivity index (χ2n) is 5.58. The van der Waals surface area contributed by atoms with Crippen molar-refractivity contribution in [1.29, 1.82) is 0 Å². The lowest BCUT2D eigenvalue weighted by molar-refractivity contribution is 0.161. The highest BCUT2D eigenvalue weighted by Gasteiger charge is 2.14. The second-order valence-corrected chi connectivity index (χ2v) is 5.58. The van der Waals surface area contributed by atoms with Crippen molar-refractivity contribution in [2.24, 2.45) is 0 Å². The molecule has 6 heteroatoms. The van der Waals surface area contributed by atoms with Gasteiger partial charge in [-0.2, -0.15) is 0 Å². The van der Waals surface area contributed by atoms with Crippen LogP contribution in [-0.4, -0.2) is 16.8 Å². The molecule has 3 aromatic rings. The molecular formula is C19H19FN2O3. The van der Waals surface area contributed by atoms with E-state index >= 15 is 0 Å². The molecule has 0 unspecified atom stereocenters. The maximum absolute atomic E-state index is 13.8. The first-order valence-electron chi connectivity index (χ1n) is 7.97. The summed E-state index contributed by atoms with van der Waals surface area (Å²) >= 11 is 0. The molecule has 2 aromatic carbocycles. The van der Waals surface area contributed by atoms with Crippen LogP contribution in [0, 0.1) is 12.7 Å². The van der Waals surface area contributed by atoms with E-state index in [9.17, 15) is 4.39 Å². The fourth-order valence-electron chi connectivity index (χ4n) is 2.47. The van der Waals surface area contributed by atoms with E-state index in [1.54, 1.807) is 18.2 Å². The molecule has 1 heterocycles. The van der Waals surface area contributed by atoms with Crippen LogP contribution in [0.15, 0.2) is 52.9 Å². The smallest absolute Gasteiger partial charge is 0.229 e. The highest BCUT2D eigenvalue weighted by molar-refractivity contribution is 5.54. The molecular weight excluding hydrogens is 323 g/mol. The zero-order valence-electron chi connectivity index (χ0n) is 13.8. The summed E-state index contributed by atoms with van der Waals surface area (Å²) in [6.45, 7) is 2.63. The van der Waals surface area contributed by atoms with Crippen LogP contribution in [0.5, 0.6) is 5.75 Å². The average molecular weight is 342 g/mol. The minimum Gasteiger partial charge on any atom is -0.493 e. The van der Waals surface area contributed by atoms with Crippen molar-refractivity contribution in [2.75, 3.05) is 6.61 Å². The Labute approximate surface area is 145 Å². The number of aromatic nitrogens is 1. The first-order valence-corrected chi connectivity index (χ1v) is 7.97. The molecule has 1 aromatic heterocycles. The van der Waals surface area contributed by atoms with Gasteiger partial charge in [0.25, 0.3) is 0 Å². The van der Waals surface area contributed by atoms with Crippen LogP contribution in [0.3, 0.4) is 0 Å². The average Bonchev–Trinajstić information content (AvgIpc) is 2.98. The quantitative estimate of drug-likeness (QED) is 0.638. The molecule has 25 heavy (non-hydrogen) atoms. The topological polar surface area (TPSA) is 67.5 Å². The minimum atomic E-state index is -0.357. The van der Waals surface area contributed by atoms with E-state index in [0.29, 0.717) is 30.9 Å². The number of hydrogen-bond donors (Lipinski definition) is 2. The van der Waals surface area contributed by atoms with Gasteiger partial charge in [0, 0.05) is 13.0 Å². The van der Waals surface area contributed by atoms with E-state index in [-0.39, 0.29) is 11.7 Å². The molecule has 0 atom stereocenters. The highest BCUT2D eigenvalue weighted by atomic mass is 19.1. The van der Waals surface area contributed by atoms with Crippen LogP contribution in [0.25, 0.3) is 11.5 Å². The lowest BCUT2D eigenvalue weighted by Gasteiger charge is -2.06. The van der Waals surface area contributed by atoms with E-state index in [0.717, 1.165) is 17.0 Å². The predicted octanol–water partition coefficient (Wildman–Crippen LogP) is 3.89.